The van der Waals surface area contributed by atoms with Gasteiger partial charge in [0.25, 0.3) is 0 Å². The van der Waals surface area contributed by atoms with Gasteiger partial charge in [-0.2, -0.15) is 0 Å². The first kappa shape index (κ1) is 13.7. The molecule has 3 rings (SSSR count). The molecule has 1 aliphatic heterocycles. The molecule has 0 bridgehead atoms. The lowest BCUT2D eigenvalue weighted by molar-refractivity contribution is 0.153. The van der Waals surface area contributed by atoms with Crippen molar-refractivity contribution in [3.8, 4) is 0 Å². The zero-order chi connectivity index (χ0) is 13.8. The summed E-state index contributed by atoms with van der Waals surface area (Å²) in [7, 11) is 0. The number of aromatic nitrogens is 1. The zero-order valence-corrected chi connectivity index (χ0v) is 12.9. The summed E-state index contributed by atoms with van der Waals surface area (Å²) in [5.41, 5.74) is 2.63. The summed E-state index contributed by atoms with van der Waals surface area (Å²) in [6, 6.07) is 13.3. The summed E-state index contributed by atoms with van der Waals surface area (Å²) in [5, 5.41) is 3.49. The molecule has 1 fully saturated rings. The third-order valence-corrected chi connectivity index (χ3v) is 4.12. The molecule has 1 atom stereocenters. The summed E-state index contributed by atoms with van der Waals surface area (Å²) < 4.78 is 1.04. The lowest BCUT2D eigenvalue weighted by atomic mass is 10.0. The summed E-state index contributed by atoms with van der Waals surface area (Å²) in [5.74, 6) is 0. The molecule has 1 unspecified atom stereocenters. The van der Waals surface area contributed by atoms with E-state index in [-0.39, 0.29) is 0 Å². The Balaban J connectivity index is 1.79. The average molecular weight is 332 g/mol. The van der Waals surface area contributed by atoms with Crippen molar-refractivity contribution in [2.45, 2.75) is 12.6 Å². The van der Waals surface area contributed by atoms with Crippen molar-refractivity contribution >= 4 is 15.9 Å². The maximum atomic E-state index is 4.26. The molecule has 1 aromatic carbocycles. The van der Waals surface area contributed by atoms with Crippen molar-refractivity contribution in [3.63, 3.8) is 0 Å². The van der Waals surface area contributed by atoms with Crippen LogP contribution in [0.2, 0.25) is 0 Å². The lowest BCUT2D eigenvalue weighted by Crippen LogP contribution is -2.45. The van der Waals surface area contributed by atoms with Crippen LogP contribution in [0.25, 0.3) is 0 Å². The number of hydrogen-bond acceptors (Lipinski definition) is 3. The van der Waals surface area contributed by atoms with Gasteiger partial charge < -0.3 is 5.32 Å². The molecule has 1 aromatic heterocycles. The highest BCUT2D eigenvalue weighted by atomic mass is 79.9. The Hall–Kier alpha value is -1.23. The number of pyridine rings is 1. The predicted molar refractivity (Wildman–Crippen MR) is 84.4 cm³/mol. The van der Waals surface area contributed by atoms with Crippen LogP contribution in [0.3, 0.4) is 0 Å². The fraction of sp³-hybridized carbons (Fsp3) is 0.312. The van der Waals surface area contributed by atoms with E-state index in [2.05, 4.69) is 67.5 Å². The van der Waals surface area contributed by atoms with Gasteiger partial charge in [0.1, 0.15) is 0 Å². The van der Waals surface area contributed by atoms with Gasteiger partial charge in [-0.05, 0) is 33.1 Å². The summed E-state index contributed by atoms with van der Waals surface area (Å²) in [6.07, 6.45) is 3.78. The van der Waals surface area contributed by atoms with Gasteiger partial charge >= 0.3 is 0 Å². The minimum atomic E-state index is 0.434. The van der Waals surface area contributed by atoms with Gasteiger partial charge in [-0.25, -0.2) is 0 Å². The number of piperazine rings is 1. The van der Waals surface area contributed by atoms with Crippen molar-refractivity contribution in [3.05, 3.63) is 64.4 Å². The molecular weight excluding hydrogens is 314 g/mol. The first-order chi connectivity index (χ1) is 9.83. The average Bonchev–Trinajstić information content (AvgIpc) is 2.49. The molecule has 0 amide bonds. The van der Waals surface area contributed by atoms with E-state index in [1.54, 1.807) is 0 Å². The maximum absolute atomic E-state index is 4.26. The Bertz CT molecular complexity index is 559. The monoisotopic (exact) mass is 331 g/mol. The number of rotatable bonds is 3. The molecule has 2 aromatic rings. The molecule has 4 heteroatoms. The molecule has 1 aliphatic rings. The van der Waals surface area contributed by atoms with Gasteiger partial charge in [-0.15, -0.1) is 0 Å². The van der Waals surface area contributed by atoms with Gasteiger partial charge in [0.2, 0.25) is 0 Å². The predicted octanol–water partition coefficient (Wildman–Crippen LogP) is 2.99. The molecule has 2 heterocycles. The van der Waals surface area contributed by atoms with Crippen LogP contribution in [-0.2, 0) is 6.54 Å². The van der Waals surface area contributed by atoms with Crippen molar-refractivity contribution in [1.82, 2.24) is 15.2 Å². The van der Waals surface area contributed by atoms with E-state index < -0.39 is 0 Å². The smallest absolute Gasteiger partial charge is 0.0476 e. The fourth-order valence-corrected chi connectivity index (χ4v) is 3.13. The van der Waals surface area contributed by atoms with Gasteiger partial charge in [-0.1, -0.05) is 30.3 Å². The van der Waals surface area contributed by atoms with E-state index in [0.29, 0.717) is 6.04 Å². The Morgan fingerprint density at radius 3 is 2.90 bits per heavy atom. The Morgan fingerprint density at radius 1 is 1.25 bits per heavy atom. The highest BCUT2D eigenvalue weighted by molar-refractivity contribution is 9.10. The van der Waals surface area contributed by atoms with Crippen LogP contribution in [0, 0.1) is 0 Å². The van der Waals surface area contributed by atoms with Gasteiger partial charge in [-0.3, -0.25) is 9.88 Å². The quantitative estimate of drug-likeness (QED) is 0.937. The molecule has 20 heavy (non-hydrogen) atoms. The van der Waals surface area contributed by atoms with Crippen LogP contribution < -0.4 is 5.32 Å². The highest BCUT2D eigenvalue weighted by Gasteiger charge is 2.23. The van der Waals surface area contributed by atoms with E-state index in [1.807, 2.05) is 12.4 Å². The molecule has 104 valence electrons. The van der Waals surface area contributed by atoms with Gasteiger partial charge in [0, 0.05) is 49.1 Å². The molecule has 3 nitrogen and oxygen atoms in total. The SMILES string of the molecule is Brc1cncc(CN2CCNCC2c2ccccc2)c1. The van der Waals surface area contributed by atoms with Crippen molar-refractivity contribution in [2.75, 3.05) is 19.6 Å². The zero-order valence-electron chi connectivity index (χ0n) is 11.3. The van der Waals surface area contributed by atoms with Gasteiger partial charge in [0.05, 0.1) is 0 Å². The second kappa shape index (κ2) is 6.48. The number of nitrogens with one attached hydrogen (secondary N) is 1. The van der Waals surface area contributed by atoms with Crippen molar-refractivity contribution in [1.29, 1.82) is 0 Å². The molecule has 0 radical (unpaired) electrons. The van der Waals surface area contributed by atoms with Crippen LogP contribution in [-0.4, -0.2) is 29.5 Å². The van der Waals surface area contributed by atoms with E-state index in [1.165, 1.54) is 11.1 Å². The van der Waals surface area contributed by atoms with E-state index in [9.17, 15) is 0 Å². The van der Waals surface area contributed by atoms with E-state index in [4.69, 9.17) is 0 Å². The van der Waals surface area contributed by atoms with Crippen LogP contribution in [0.15, 0.2) is 53.3 Å². The van der Waals surface area contributed by atoms with E-state index in [0.717, 1.165) is 30.7 Å². The second-order valence-electron chi connectivity index (χ2n) is 5.11. The van der Waals surface area contributed by atoms with Crippen molar-refractivity contribution < 1.29 is 0 Å². The summed E-state index contributed by atoms with van der Waals surface area (Å²) >= 11 is 3.49. The molecule has 0 aliphatic carbocycles. The number of halogens is 1. The largest absolute Gasteiger partial charge is 0.314 e. The van der Waals surface area contributed by atoms with Gasteiger partial charge in [0.15, 0.2) is 0 Å². The molecule has 0 spiro atoms. The fourth-order valence-electron chi connectivity index (χ4n) is 2.72. The minimum Gasteiger partial charge on any atom is -0.314 e. The Kier molecular flexibility index (Phi) is 4.45. The number of hydrogen-bond donors (Lipinski definition) is 1. The summed E-state index contributed by atoms with van der Waals surface area (Å²) in [6.45, 7) is 4.05. The van der Waals surface area contributed by atoms with Crippen molar-refractivity contribution in [2.24, 2.45) is 0 Å². The third-order valence-electron chi connectivity index (χ3n) is 3.69. The second-order valence-corrected chi connectivity index (χ2v) is 6.03. The number of benzene rings is 1. The normalized spacial score (nSPS) is 19.9. The summed E-state index contributed by atoms with van der Waals surface area (Å²) in [4.78, 5) is 6.78. The number of nitrogens with zero attached hydrogens (tertiary/aromatic N) is 2. The standard InChI is InChI=1S/C16H18BrN3/c17-15-8-13(9-19-10-15)12-20-7-6-18-11-16(20)14-4-2-1-3-5-14/h1-5,8-10,16,18H,6-7,11-12H2. The van der Waals surface area contributed by atoms with Crippen LogP contribution in [0.1, 0.15) is 17.2 Å². The minimum absolute atomic E-state index is 0.434. The Labute approximate surface area is 128 Å². The maximum Gasteiger partial charge on any atom is 0.0476 e. The molecule has 0 saturated carbocycles. The van der Waals surface area contributed by atoms with Crippen LogP contribution in [0.4, 0.5) is 0 Å². The first-order valence-corrected chi connectivity index (χ1v) is 7.71. The van der Waals surface area contributed by atoms with Crippen LogP contribution in [0.5, 0.6) is 0 Å². The molecule has 1 saturated heterocycles. The highest BCUT2D eigenvalue weighted by Crippen LogP contribution is 2.24. The molecular formula is C16H18BrN3. The molecule has 1 N–H and O–H groups in total. The Morgan fingerprint density at radius 2 is 2.10 bits per heavy atom. The topological polar surface area (TPSA) is 28.2 Å². The van der Waals surface area contributed by atoms with Crippen LogP contribution >= 0.6 is 15.9 Å². The van der Waals surface area contributed by atoms with E-state index >= 15 is 0 Å². The lowest BCUT2D eigenvalue weighted by Gasteiger charge is -2.36. The first-order valence-electron chi connectivity index (χ1n) is 6.92. The third kappa shape index (κ3) is 3.26.